The molecule has 2 aliphatic rings. The maximum Gasteiger partial charge on any atom is 0.249 e. The zero-order chi connectivity index (χ0) is 17.3. The summed E-state index contributed by atoms with van der Waals surface area (Å²) >= 11 is 0. The molecule has 2 saturated heterocycles. The largest absolute Gasteiger partial charge is 0.297 e. The average molecular weight is 340 g/mol. The van der Waals surface area contributed by atoms with Crippen LogP contribution in [0.4, 0.5) is 0 Å². The Bertz CT molecular complexity index is 735. The van der Waals surface area contributed by atoms with Crippen molar-refractivity contribution in [3.8, 4) is 0 Å². The Hall–Kier alpha value is -2.18. The predicted octanol–water partition coefficient (Wildman–Crippen LogP) is 2.12. The molecule has 1 aromatic heterocycles. The first kappa shape index (κ1) is 16.3. The number of amides is 1. The highest BCUT2D eigenvalue weighted by molar-refractivity contribution is 5.78. The zero-order valence-electron chi connectivity index (χ0n) is 14.6. The molecule has 0 aliphatic carbocycles. The summed E-state index contributed by atoms with van der Waals surface area (Å²) in [5, 5.41) is 5.79. The lowest BCUT2D eigenvalue weighted by Gasteiger charge is -2.37. The van der Waals surface area contributed by atoms with E-state index in [1.165, 1.54) is 5.69 Å². The fraction of sp³-hybridized carbons (Fsp3) is 0.474. The van der Waals surface area contributed by atoms with Gasteiger partial charge < -0.3 is 0 Å². The van der Waals surface area contributed by atoms with E-state index < -0.39 is 0 Å². The number of piperidine rings is 1. The first-order chi connectivity index (χ1) is 12.1. The maximum atomic E-state index is 12.4. The van der Waals surface area contributed by atoms with Gasteiger partial charge >= 0.3 is 0 Å². The molecule has 132 valence electrons. The summed E-state index contributed by atoms with van der Waals surface area (Å²) in [6.07, 6.45) is 4.12. The van der Waals surface area contributed by atoms with Crippen LogP contribution in [0.1, 0.15) is 30.5 Å². The highest BCUT2D eigenvalue weighted by Crippen LogP contribution is 2.37. The fourth-order valence-corrected chi connectivity index (χ4v) is 3.72. The van der Waals surface area contributed by atoms with Gasteiger partial charge in [0.05, 0.1) is 18.7 Å². The van der Waals surface area contributed by atoms with E-state index >= 15 is 0 Å². The second-order valence-electron chi connectivity index (χ2n) is 7.09. The van der Waals surface area contributed by atoms with E-state index in [1.54, 1.807) is 5.06 Å². The minimum atomic E-state index is -0.311. The van der Waals surface area contributed by atoms with Gasteiger partial charge in [0.1, 0.15) is 5.60 Å². The Labute approximate surface area is 147 Å². The van der Waals surface area contributed by atoms with Crippen LogP contribution in [0.25, 0.3) is 0 Å². The first-order valence-electron chi connectivity index (χ1n) is 8.86. The highest BCUT2D eigenvalue weighted by Gasteiger charge is 2.46. The van der Waals surface area contributed by atoms with Crippen molar-refractivity contribution in [3.05, 3.63) is 53.9 Å². The molecule has 0 saturated carbocycles. The molecule has 2 aromatic rings. The van der Waals surface area contributed by atoms with Gasteiger partial charge in [0.25, 0.3) is 0 Å². The predicted molar refractivity (Wildman–Crippen MR) is 93.1 cm³/mol. The van der Waals surface area contributed by atoms with Crippen molar-refractivity contribution >= 4 is 5.91 Å². The minimum absolute atomic E-state index is 0.101. The maximum absolute atomic E-state index is 12.4. The second-order valence-corrected chi connectivity index (χ2v) is 7.09. The van der Waals surface area contributed by atoms with Gasteiger partial charge in [-0.3, -0.25) is 19.2 Å². The zero-order valence-corrected chi connectivity index (χ0v) is 14.6. The number of aromatic nitrogens is 2. The lowest BCUT2D eigenvalue weighted by Crippen LogP contribution is -2.44. The molecule has 6 nitrogen and oxygen atoms in total. The van der Waals surface area contributed by atoms with Crippen molar-refractivity contribution in [3.63, 3.8) is 0 Å². The molecule has 1 aromatic carbocycles. The Morgan fingerprint density at radius 1 is 1.12 bits per heavy atom. The molecule has 2 fully saturated rings. The van der Waals surface area contributed by atoms with Gasteiger partial charge in [0.15, 0.2) is 0 Å². The van der Waals surface area contributed by atoms with Crippen molar-refractivity contribution in [2.45, 2.75) is 38.0 Å². The number of likely N-dealkylation sites (tertiary alicyclic amines) is 1. The van der Waals surface area contributed by atoms with Crippen LogP contribution in [0.3, 0.4) is 0 Å². The number of aryl methyl sites for hydroxylation is 1. The number of carbonyl (C=O) groups is 1. The van der Waals surface area contributed by atoms with Crippen LogP contribution in [-0.4, -0.2) is 44.3 Å². The number of hydroxylamine groups is 2. The fourth-order valence-electron chi connectivity index (χ4n) is 3.72. The van der Waals surface area contributed by atoms with Gasteiger partial charge in [0.2, 0.25) is 5.91 Å². The van der Waals surface area contributed by atoms with Crippen molar-refractivity contribution in [1.82, 2.24) is 19.7 Å². The Morgan fingerprint density at radius 2 is 1.88 bits per heavy atom. The van der Waals surface area contributed by atoms with E-state index in [4.69, 9.17) is 4.84 Å². The van der Waals surface area contributed by atoms with E-state index in [-0.39, 0.29) is 11.5 Å². The van der Waals surface area contributed by atoms with Crippen LogP contribution in [0, 0.1) is 0 Å². The Balaban J connectivity index is 1.35. The summed E-state index contributed by atoms with van der Waals surface area (Å²) in [7, 11) is 1.97. The molecule has 0 radical (unpaired) electrons. The number of benzene rings is 1. The minimum Gasteiger partial charge on any atom is -0.297 e. The summed E-state index contributed by atoms with van der Waals surface area (Å²) in [5.41, 5.74) is 2.00. The summed E-state index contributed by atoms with van der Waals surface area (Å²) in [6, 6.07) is 12.1. The quantitative estimate of drug-likeness (QED) is 0.855. The van der Waals surface area contributed by atoms with E-state index in [1.807, 2.05) is 48.3 Å². The summed E-state index contributed by atoms with van der Waals surface area (Å²) in [6.45, 7) is 3.31. The van der Waals surface area contributed by atoms with Crippen LogP contribution < -0.4 is 0 Å². The molecule has 3 heterocycles. The Morgan fingerprint density at radius 3 is 2.56 bits per heavy atom. The van der Waals surface area contributed by atoms with Crippen LogP contribution >= 0.6 is 0 Å². The lowest BCUT2D eigenvalue weighted by molar-refractivity contribution is -0.214. The third-order valence-corrected chi connectivity index (χ3v) is 5.30. The average Bonchev–Trinajstić information content (AvgIpc) is 3.15. The van der Waals surface area contributed by atoms with E-state index in [0.717, 1.165) is 38.0 Å². The van der Waals surface area contributed by atoms with Crippen molar-refractivity contribution in [1.29, 1.82) is 0 Å². The number of hydrogen-bond acceptors (Lipinski definition) is 4. The number of carbonyl (C=O) groups excluding carboxylic acids is 1. The lowest BCUT2D eigenvalue weighted by atomic mass is 9.88. The molecule has 1 amide bonds. The number of hydrogen-bond donors (Lipinski definition) is 0. The van der Waals surface area contributed by atoms with Gasteiger partial charge in [-0.05, 0) is 24.5 Å². The van der Waals surface area contributed by atoms with Gasteiger partial charge in [-0.25, -0.2) is 5.06 Å². The van der Waals surface area contributed by atoms with E-state index in [2.05, 4.69) is 16.1 Å². The second kappa shape index (κ2) is 6.61. The molecular formula is C19H24N4O2. The molecule has 0 bridgehead atoms. The van der Waals surface area contributed by atoms with Crippen LogP contribution in [0.2, 0.25) is 0 Å². The third-order valence-electron chi connectivity index (χ3n) is 5.30. The third kappa shape index (κ3) is 3.45. The van der Waals surface area contributed by atoms with Crippen LogP contribution in [0.5, 0.6) is 0 Å². The molecule has 0 unspecified atom stereocenters. The molecule has 0 atom stereocenters. The first-order valence-corrected chi connectivity index (χ1v) is 8.86. The Kier molecular flexibility index (Phi) is 4.31. The van der Waals surface area contributed by atoms with Gasteiger partial charge in [-0.15, -0.1) is 0 Å². The van der Waals surface area contributed by atoms with Crippen molar-refractivity contribution in [2.75, 3.05) is 13.1 Å². The number of rotatable bonds is 4. The van der Waals surface area contributed by atoms with Gasteiger partial charge in [-0.1, -0.05) is 30.3 Å². The summed E-state index contributed by atoms with van der Waals surface area (Å²) < 4.78 is 1.92. The molecule has 2 aliphatic heterocycles. The molecule has 1 spiro atoms. The van der Waals surface area contributed by atoms with E-state index in [9.17, 15) is 4.79 Å². The molecule has 6 heteroatoms. The van der Waals surface area contributed by atoms with Crippen LogP contribution in [-0.2, 0) is 29.8 Å². The van der Waals surface area contributed by atoms with Crippen LogP contribution in [0.15, 0.2) is 42.6 Å². The topological polar surface area (TPSA) is 50.6 Å². The van der Waals surface area contributed by atoms with E-state index in [0.29, 0.717) is 13.0 Å². The SMILES string of the molecule is Cn1nccc1CN1CCC2(CC1)CC(=O)N(Cc1ccccc1)O2. The molecular weight excluding hydrogens is 316 g/mol. The van der Waals surface area contributed by atoms with Crippen molar-refractivity contribution in [2.24, 2.45) is 7.05 Å². The normalized spacial score (nSPS) is 20.5. The standard InChI is InChI=1S/C19H24N4O2/c1-21-17(7-10-20-21)15-22-11-8-19(9-12-22)13-18(24)23(25-19)14-16-5-3-2-4-6-16/h2-7,10H,8-9,11-15H2,1H3. The van der Waals surface area contributed by atoms with Gasteiger partial charge in [-0.2, -0.15) is 5.10 Å². The van der Waals surface area contributed by atoms with Crippen molar-refractivity contribution < 1.29 is 9.63 Å². The molecule has 4 rings (SSSR count). The summed E-state index contributed by atoms with van der Waals surface area (Å²) in [4.78, 5) is 21.0. The monoisotopic (exact) mass is 340 g/mol. The summed E-state index contributed by atoms with van der Waals surface area (Å²) in [5.74, 6) is 0.101. The molecule has 0 N–H and O–H groups in total. The smallest absolute Gasteiger partial charge is 0.249 e. The highest BCUT2D eigenvalue weighted by atomic mass is 16.7. The molecule has 25 heavy (non-hydrogen) atoms. The number of nitrogens with zero attached hydrogens (tertiary/aromatic N) is 4. The van der Waals surface area contributed by atoms with Gasteiger partial charge in [0, 0.05) is 32.9 Å².